The lowest BCUT2D eigenvalue weighted by atomic mass is 10.0. The number of hydrogen-bond acceptors (Lipinski definition) is 4. The van der Waals surface area contributed by atoms with Gasteiger partial charge in [-0.15, -0.1) is 0 Å². The minimum atomic E-state index is -0.582. The van der Waals surface area contributed by atoms with Gasteiger partial charge >= 0.3 is 0 Å². The molecular weight excluding hydrogens is 400 g/mol. The predicted molar refractivity (Wildman–Crippen MR) is 116 cm³/mol. The molecule has 7 heteroatoms. The first kappa shape index (κ1) is 21.6. The molecule has 0 saturated carbocycles. The summed E-state index contributed by atoms with van der Waals surface area (Å²) in [6.45, 7) is 5.80. The van der Waals surface area contributed by atoms with E-state index in [9.17, 15) is 9.90 Å². The van der Waals surface area contributed by atoms with Crippen molar-refractivity contribution < 1.29 is 9.90 Å². The Morgan fingerprint density at radius 2 is 1.97 bits per heavy atom. The summed E-state index contributed by atoms with van der Waals surface area (Å²) in [6.07, 6.45) is 0.0961. The second kappa shape index (κ2) is 9.12. The molecule has 1 amide bonds. The third kappa shape index (κ3) is 4.70. The number of nitrogens with zero attached hydrogens (tertiary/aromatic N) is 3. The molecule has 2 aromatic carbocycles. The van der Waals surface area contributed by atoms with Gasteiger partial charge in [-0.1, -0.05) is 23.7 Å². The van der Waals surface area contributed by atoms with Crippen LogP contribution < -0.4 is 5.32 Å². The fourth-order valence-corrected chi connectivity index (χ4v) is 3.45. The highest BCUT2D eigenvalue weighted by atomic mass is 35.5. The molecule has 6 nitrogen and oxygen atoms in total. The Morgan fingerprint density at radius 1 is 1.27 bits per heavy atom. The molecular formula is C23H23ClN4O2. The number of nitriles is 1. The van der Waals surface area contributed by atoms with Gasteiger partial charge in [-0.3, -0.25) is 4.79 Å². The van der Waals surface area contributed by atoms with Crippen LogP contribution in [0.25, 0.3) is 5.69 Å². The van der Waals surface area contributed by atoms with Crippen molar-refractivity contribution in [3.8, 4) is 11.8 Å². The number of benzene rings is 2. The standard InChI is InChI=1S/C23H23ClN4O2/c1-14(29)13-26-23(30)18-6-4-17(5-7-18)10-21-15(2)27-28(16(21)3)20-9-8-19(12-25)22(24)11-20/h4-9,11,14,29H,10,13H2,1-3H3,(H,26,30). The van der Waals surface area contributed by atoms with E-state index in [1.165, 1.54) is 0 Å². The Hall–Kier alpha value is -3.14. The summed E-state index contributed by atoms with van der Waals surface area (Å²) in [4.78, 5) is 12.1. The van der Waals surface area contributed by atoms with Crippen molar-refractivity contribution in [3.05, 3.63) is 81.1 Å². The SMILES string of the molecule is Cc1nn(-c2ccc(C#N)c(Cl)c2)c(C)c1Cc1ccc(C(=O)NCC(C)O)cc1. The molecule has 0 radical (unpaired) electrons. The zero-order valence-electron chi connectivity index (χ0n) is 17.1. The average Bonchev–Trinajstić information content (AvgIpc) is 3.00. The first-order chi connectivity index (χ1) is 14.3. The lowest BCUT2D eigenvalue weighted by molar-refractivity contribution is 0.0924. The number of hydrogen-bond donors (Lipinski definition) is 2. The highest BCUT2D eigenvalue weighted by molar-refractivity contribution is 6.31. The number of halogens is 1. The molecule has 0 aliphatic rings. The molecule has 3 rings (SSSR count). The number of amides is 1. The van der Waals surface area contributed by atoms with E-state index in [1.807, 2.05) is 36.7 Å². The van der Waals surface area contributed by atoms with E-state index in [-0.39, 0.29) is 12.5 Å². The van der Waals surface area contributed by atoms with Crippen LogP contribution in [0.2, 0.25) is 5.02 Å². The molecule has 1 aromatic heterocycles. The number of aryl methyl sites for hydroxylation is 1. The Kier molecular flexibility index (Phi) is 6.56. The Labute approximate surface area is 180 Å². The molecule has 154 valence electrons. The van der Waals surface area contributed by atoms with Gasteiger partial charge in [0, 0.05) is 29.8 Å². The first-order valence-electron chi connectivity index (χ1n) is 9.60. The largest absolute Gasteiger partial charge is 0.392 e. The van der Waals surface area contributed by atoms with E-state index in [0.29, 0.717) is 22.6 Å². The van der Waals surface area contributed by atoms with Gasteiger partial charge < -0.3 is 10.4 Å². The zero-order chi connectivity index (χ0) is 21.8. The summed E-state index contributed by atoms with van der Waals surface area (Å²) in [7, 11) is 0. The van der Waals surface area contributed by atoms with E-state index >= 15 is 0 Å². The highest BCUT2D eigenvalue weighted by Gasteiger charge is 2.15. The van der Waals surface area contributed by atoms with Gasteiger partial charge in [-0.2, -0.15) is 10.4 Å². The Balaban J connectivity index is 1.80. The lowest BCUT2D eigenvalue weighted by Crippen LogP contribution is -2.30. The van der Waals surface area contributed by atoms with Crippen LogP contribution in [0.1, 0.15) is 45.4 Å². The van der Waals surface area contributed by atoms with Gasteiger partial charge in [-0.05, 0) is 56.7 Å². The maximum atomic E-state index is 12.1. The van der Waals surface area contributed by atoms with E-state index in [4.69, 9.17) is 16.9 Å². The van der Waals surface area contributed by atoms with Gasteiger partial charge in [-0.25, -0.2) is 4.68 Å². The molecule has 0 aliphatic heterocycles. The molecule has 3 aromatic rings. The lowest BCUT2D eigenvalue weighted by Gasteiger charge is -2.09. The Morgan fingerprint density at radius 3 is 2.57 bits per heavy atom. The summed E-state index contributed by atoms with van der Waals surface area (Å²) in [5, 5.41) is 26.1. The van der Waals surface area contributed by atoms with Crippen LogP contribution in [0.15, 0.2) is 42.5 Å². The van der Waals surface area contributed by atoms with Crippen LogP contribution in [-0.4, -0.2) is 33.4 Å². The second-order valence-electron chi connectivity index (χ2n) is 7.27. The van der Waals surface area contributed by atoms with E-state index in [0.717, 1.165) is 28.2 Å². The van der Waals surface area contributed by atoms with E-state index < -0.39 is 6.10 Å². The monoisotopic (exact) mass is 422 g/mol. The van der Waals surface area contributed by atoms with Crippen molar-refractivity contribution in [2.24, 2.45) is 0 Å². The maximum absolute atomic E-state index is 12.1. The number of nitrogens with one attached hydrogen (secondary N) is 1. The minimum Gasteiger partial charge on any atom is -0.392 e. The third-order valence-corrected chi connectivity index (χ3v) is 5.23. The van der Waals surface area contributed by atoms with Crippen molar-refractivity contribution >= 4 is 17.5 Å². The summed E-state index contributed by atoms with van der Waals surface area (Å²) >= 11 is 6.18. The van der Waals surface area contributed by atoms with Crippen LogP contribution in [-0.2, 0) is 6.42 Å². The third-order valence-electron chi connectivity index (χ3n) is 4.91. The Bertz CT molecular complexity index is 1110. The fraction of sp³-hybridized carbons (Fsp3) is 0.261. The number of carbonyl (C=O) groups is 1. The smallest absolute Gasteiger partial charge is 0.251 e. The number of rotatable bonds is 6. The molecule has 1 unspecified atom stereocenters. The second-order valence-corrected chi connectivity index (χ2v) is 7.68. The van der Waals surface area contributed by atoms with Crippen molar-refractivity contribution in [1.29, 1.82) is 5.26 Å². The molecule has 0 saturated heterocycles. The van der Waals surface area contributed by atoms with E-state index in [1.54, 1.807) is 31.2 Å². The molecule has 1 atom stereocenters. The van der Waals surface area contributed by atoms with Crippen LogP contribution >= 0.6 is 11.6 Å². The van der Waals surface area contributed by atoms with Crippen LogP contribution in [0, 0.1) is 25.2 Å². The van der Waals surface area contributed by atoms with Gasteiger partial charge in [0.25, 0.3) is 5.91 Å². The molecule has 30 heavy (non-hydrogen) atoms. The molecule has 1 heterocycles. The summed E-state index contributed by atoms with van der Waals surface area (Å²) < 4.78 is 1.83. The summed E-state index contributed by atoms with van der Waals surface area (Å²) in [5.74, 6) is -0.208. The van der Waals surface area contributed by atoms with Crippen molar-refractivity contribution in [2.75, 3.05) is 6.54 Å². The zero-order valence-corrected chi connectivity index (χ0v) is 17.9. The van der Waals surface area contributed by atoms with Gasteiger partial charge in [0.15, 0.2) is 0 Å². The van der Waals surface area contributed by atoms with Crippen LogP contribution in [0.5, 0.6) is 0 Å². The van der Waals surface area contributed by atoms with Gasteiger partial charge in [0.1, 0.15) is 6.07 Å². The van der Waals surface area contributed by atoms with Crippen LogP contribution in [0.3, 0.4) is 0 Å². The van der Waals surface area contributed by atoms with Crippen molar-refractivity contribution in [1.82, 2.24) is 15.1 Å². The highest BCUT2D eigenvalue weighted by Crippen LogP contribution is 2.24. The molecule has 0 bridgehead atoms. The molecule has 0 aliphatic carbocycles. The normalized spacial score (nSPS) is 11.7. The number of aliphatic hydroxyl groups is 1. The first-order valence-corrected chi connectivity index (χ1v) is 9.98. The van der Waals surface area contributed by atoms with Crippen molar-refractivity contribution in [3.63, 3.8) is 0 Å². The van der Waals surface area contributed by atoms with Crippen LogP contribution in [0.4, 0.5) is 0 Å². The minimum absolute atomic E-state index is 0.208. The average molecular weight is 423 g/mol. The molecule has 0 fully saturated rings. The topological polar surface area (TPSA) is 90.9 Å². The quantitative estimate of drug-likeness (QED) is 0.633. The number of carbonyl (C=O) groups excluding carboxylic acids is 1. The van der Waals surface area contributed by atoms with E-state index in [2.05, 4.69) is 16.5 Å². The number of aliphatic hydroxyl groups excluding tert-OH is 1. The summed E-state index contributed by atoms with van der Waals surface area (Å²) in [6, 6.07) is 14.7. The maximum Gasteiger partial charge on any atom is 0.251 e. The molecule has 2 N–H and O–H groups in total. The van der Waals surface area contributed by atoms with Crippen molar-refractivity contribution in [2.45, 2.75) is 33.3 Å². The fourth-order valence-electron chi connectivity index (χ4n) is 3.23. The number of aromatic nitrogens is 2. The predicted octanol–water partition coefficient (Wildman–Crippen LogP) is 3.72. The summed E-state index contributed by atoms with van der Waals surface area (Å²) in [5.41, 5.74) is 5.85. The van der Waals surface area contributed by atoms with Gasteiger partial charge in [0.05, 0.1) is 28.1 Å². The van der Waals surface area contributed by atoms with Gasteiger partial charge in [0.2, 0.25) is 0 Å². The molecule has 0 spiro atoms.